The summed E-state index contributed by atoms with van der Waals surface area (Å²) in [5, 5.41) is 4.45. The van der Waals surface area contributed by atoms with Crippen LogP contribution in [-0.2, 0) is 0 Å². The summed E-state index contributed by atoms with van der Waals surface area (Å²) in [6.07, 6.45) is 11.9. The van der Waals surface area contributed by atoms with Gasteiger partial charge in [0.2, 0.25) is 0 Å². The monoisotopic (exact) mass is 490 g/mol. The molecule has 0 saturated carbocycles. The summed E-state index contributed by atoms with van der Waals surface area (Å²) in [6.45, 7) is 8.18. The summed E-state index contributed by atoms with van der Waals surface area (Å²) in [6, 6.07) is 15.3. The highest BCUT2D eigenvalue weighted by Gasteiger charge is 2.19. The van der Waals surface area contributed by atoms with Crippen molar-refractivity contribution in [1.29, 1.82) is 0 Å². The first-order valence-corrected chi connectivity index (χ1v) is 13.9. The highest BCUT2D eigenvalue weighted by atomic mass is 16.5. The first-order chi connectivity index (χ1) is 17.7. The molecule has 3 aromatic rings. The van der Waals surface area contributed by atoms with E-state index in [2.05, 4.69) is 22.1 Å². The zero-order chi connectivity index (χ0) is 25.2. The van der Waals surface area contributed by atoms with E-state index in [1.165, 1.54) is 57.9 Å². The van der Waals surface area contributed by atoms with Gasteiger partial charge in [-0.1, -0.05) is 51.2 Å². The van der Waals surface area contributed by atoms with Crippen molar-refractivity contribution in [2.75, 3.05) is 26.2 Å². The number of hydrogen-bond acceptors (Lipinski definition) is 5. The third-order valence-electron chi connectivity index (χ3n) is 7.17. The van der Waals surface area contributed by atoms with Gasteiger partial charge in [-0.3, -0.25) is 14.3 Å². The Hall–Kier alpha value is -2.70. The molecule has 6 nitrogen and oxygen atoms in total. The maximum absolute atomic E-state index is 13.0. The van der Waals surface area contributed by atoms with Crippen LogP contribution < -0.4 is 15.6 Å². The number of likely N-dealkylation sites (tertiary alicyclic amines) is 1. The Morgan fingerprint density at radius 2 is 1.83 bits per heavy atom. The van der Waals surface area contributed by atoms with Crippen LogP contribution in [0.5, 0.6) is 5.75 Å². The topological polar surface area (TPSA) is 59.4 Å². The van der Waals surface area contributed by atoms with Crippen LogP contribution in [0.25, 0.3) is 16.6 Å². The molecule has 1 fully saturated rings. The van der Waals surface area contributed by atoms with Crippen molar-refractivity contribution in [1.82, 2.24) is 19.8 Å². The number of fused-ring (bicyclic) bond motifs is 1. The molecule has 0 radical (unpaired) electrons. The first kappa shape index (κ1) is 26.4. The molecule has 1 N–H and O–H groups in total. The Kier molecular flexibility index (Phi) is 9.93. The minimum Gasteiger partial charge on any atom is -0.494 e. The summed E-state index contributed by atoms with van der Waals surface area (Å²) < 4.78 is 7.73. The Balaban J connectivity index is 1.29. The molecule has 0 aliphatic carbocycles. The van der Waals surface area contributed by atoms with E-state index >= 15 is 0 Å². The van der Waals surface area contributed by atoms with E-state index in [1.807, 2.05) is 55.5 Å². The zero-order valence-corrected chi connectivity index (χ0v) is 22.0. The molecule has 0 bridgehead atoms. The average molecular weight is 491 g/mol. The van der Waals surface area contributed by atoms with Gasteiger partial charge >= 0.3 is 0 Å². The van der Waals surface area contributed by atoms with Gasteiger partial charge in [0.25, 0.3) is 5.56 Å². The molecule has 2 heterocycles. The van der Waals surface area contributed by atoms with E-state index in [9.17, 15) is 4.79 Å². The Morgan fingerprint density at radius 1 is 1.00 bits per heavy atom. The van der Waals surface area contributed by atoms with Crippen molar-refractivity contribution >= 4 is 10.9 Å². The maximum atomic E-state index is 13.0. The highest BCUT2D eigenvalue weighted by Crippen LogP contribution is 2.18. The molecule has 0 amide bonds. The third-order valence-corrected chi connectivity index (χ3v) is 7.17. The van der Waals surface area contributed by atoms with Crippen LogP contribution in [0.1, 0.15) is 70.5 Å². The fourth-order valence-electron chi connectivity index (χ4n) is 5.18. The number of unbranched alkanes of at least 4 members (excludes halogenated alkanes) is 3. The number of nitrogens with zero attached hydrogens (tertiary/aromatic N) is 3. The molecular weight excluding hydrogens is 448 g/mol. The molecule has 1 atom stereocenters. The van der Waals surface area contributed by atoms with Gasteiger partial charge < -0.3 is 10.1 Å². The molecule has 194 valence electrons. The van der Waals surface area contributed by atoms with Crippen LogP contribution >= 0.6 is 0 Å². The standard InChI is InChI=1S/C30H42N4O2/c1-3-4-5-10-20-31-29-15-7-6-11-21-33(29)22-12-23-36-26-18-16-25(17-19-26)34-24(2)32-28-14-9-8-13-27(28)30(34)35/h8-9,13-14,16-19,29,31H,3-7,10-12,15,20-23H2,1-2H3. The molecule has 1 aliphatic rings. The highest BCUT2D eigenvalue weighted by molar-refractivity contribution is 5.77. The lowest BCUT2D eigenvalue weighted by Crippen LogP contribution is -2.46. The van der Waals surface area contributed by atoms with Crippen molar-refractivity contribution in [2.45, 2.75) is 77.8 Å². The van der Waals surface area contributed by atoms with Crippen molar-refractivity contribution < 1.29 is 4.74 Å². The van der Waals surface area contributed by atoms with Crippen LogP contribution in [0.3, 0.4) is 0 Å². The average Bonchev–Trinajstić information content (AvgIpc) is 3.12. The van der Waals surface area contributed by atoms with Gasteiger partial charge in [0.05, 0.1) is 29.4 Å². The normalized spacial score (nSPS) is 16.8. The lowest BCUT2D eigenvalue weighted by molar-refractivity contribution is 0.154. The molecule has 1 aliphatic heterocycles. The van der Waals surface area contributed by atoms with Crippen molar-refractivity contribution in [3.05, 3.63) is 64.7 Å². The maximum Gasteiger partial charge on any atom is 0.265 e. The van der Waals surface area contributed by atoms with E-state index in [-0.39, 0.29) is 5.56 Å². The number of ether oxygens (including phenoxy) is 1. The number of nitrogens with one attached hydrogen (secondary N) is 1. The SMILES string of the molecule is CCCCCCNC1CCCCCN1CCCOc1ccc(-n2c(C)nc3ccccc3c2=O)cc1. The molecule has 1 unspecified atom stereocenters. The largest absolute Gasteiger partial charge is 0.494 e. The number of para-hydroxylation sites is 1. The quantitative estimate of drug-likeness (QED) is 0.324. The van der Waals surface area contributed by atoms with Crippen LogP contribution in [0.4, 0.5) is 0 Å². The molecule has 0 spiro atoms. The van der Waals surface area contributed by atoms with Gasteiger partial charge in [-0.2, -0.15) is 0 Å². The van der Waals surface area contributed by atoms with E-state index < -0.39 is 0 Å². The Bertz CT molecular complexity index is 1140. The molecule has 4 rings (SSSR count). The molecule has 2 aromatic carbocycles. The number of rotatable bonds is 12. The van der Waals surface area contributed by atoms with Crippen LogP contribution in [0.2, 0.25) is 0 Å². The zero-order valence-electron chi connectivity index (χ0n) is 22.0. The first-order valence-electron chi connectivity index (χ1n) is 13.9. The van der Waals surface area contributed by atoms with Crippen molar-refractivity contribution in [3.63, 3.8) is 0 Å². The lowest BCUT2D eigenvalue weighted by atomic mass is 10.2. The summed E-state index contributed by atoms with van der Waals surface area (Å²) in [5.41, 5.74) is 1.49. The van der Waals surface area contributed by atoms with Gasteiger partial charge in [0, 0.05) is 6.54 Å². The number of benzene rings is 2. The fourth-order valence-corrected chi connectivity index (χ4v) is 5.18. The van der Waals surface area contributed by atoms with Gasteiger partial charge in [-0.15, -0.1) is 0 Å². The third kappa shape index (κ3) is 6.95. The Morgan fingerprint density at radius 3 is 2.67 bits per heavy atom. The van der Waals surface area contributed by atoms with Gasteiger partial charge in [0.1, 0.15) is 11.6 Å². The predicted octanol–water partition coefficient (Wildman–Crippen LogP) is 5.84. The summed E-state index contributed by atoms with van der Waals surface area (Å²) in [4.78, 5) is 20.3. The fraction of sp³-hybridized carbons (Fsp3) is 0.533. The minimum absolute atomic E-state index is 0.0438. The van der Waals surface area contributed by atoms with Crippen molar-refractivity contribution in [3.8, 4) is 11.4 Å². The molecular formula is C30H42N4O2. The number of aryl methyl sites for hydroxylation is 1. The summed E-state index contributed by atoms with van der Waals surface area (Å²) >= 11 is 0. The van der Waals surface area contributed by atoms with Crippen LogP contribution in [-0.4, -0.2) is 46.9 Å². The predicted molar refractivity (Wildman–Crippen MR) is 148 cm³/mol. The number of hydrogen-bond donors (Lipinski definition) is 1. The van der Waals surface area contributed by atoms with E-state index in [1.54, 1.807) is 4.57 Å². The Labute approximate surface area is 215 Å². The van der Waals surface area contributed by atoms with Crippen LogP contribution in [0.15, 0.2) is 53.3 Å². The smallest absolute Gasteiger partial charge is 0.265 e. The van der Waals surface area contributed by atoms with E-state index in [0.29, 0.717) is 24.0 Å². The molecule has 6 heteroatoms. The minimum atomic E-state index is -0.0438. The second-order valence-corrected chi connectivity index (χ2v) is 9.93. The van der Waals surface area contributed by atoms with E-state index in [4.69, 9.17) is 4.74 Å². The van der Waals surface area contributed by atoms with Gasteiger partial charge in [-0.25, -0.2) is 4.98 Å². The summed E-state index contributed by atoms with van der Waals surface area (Å²) in [7, 11) is 0. The van der Waals surface area contributed by atoms with E-state index in [0.717, 1.165) is 36.5 Å². The van der Waals surface area contributed by atoms with Crippen LogP contribution in [0, 0.1) is 6.92 Å². The number of aromatic nitrogens is 2. The second kappa shape index (κ2) is 13.6. The molecule has 1 aromatic heterocycles. The summed E-state index contributed by atoms with van der Waals surface area (Å²) in [5.74, 6) is 1.51. The van der Waals surface area contributed by atoms with Gasteiger partial charge in [0.15, 0.2) is 0 Å². The lowest BCUT2D eigenvalue weighted by Gasteiger charge is -2.30. The van der Waals surface area contributed by atoms with Crippen molar-refractivity contribution in [2.24, 2.45) is 0 Å². The molecule has 36 heavy (non-hydrogen) atoms. The van der Waals surface area contributed by atoms with Gasteiger partial charge in [-0.05, 0) is 82.1 Å². The second-order valence-electron chi connectivity index (χ2n) is 9.93. The molecule has 1 saturated heterocycles.